The van der Waals surface area contributed by atoms with Gasteiger partial charge in [0.15, 0.2) is 5.17 Å². The largest absolute Gasteiger partial charge is 0.459 e. The van der Waals surface area contributed by atoms with Crippen LogP contribution in [0.5, 0.6) is 0 Å². The quantitative estimate of drug-likeness (QED) is 0.689. The molecule has 5 nitrogen and oxygen atoms in total. The summed E-state index contributed by atoms with van der Waals surface area (Å²) in [5.74, 6) is 0.246. The molecule has 0 unspecified atom stereocenters. The van der Waals surface area contributed by atoms with Crippen LogP contribution in [0.1, 0.15) is 38.8 Å². The molecular weight excluding hydrogens is 404 g/mol. The van der Waals surface area contributed by atoms with E-state index < -0.39 is 12.0 Å². The van der Waals surface area contributed by atoms with Gasteiger partial charge in [0, 0.05) is 16.6 Å². The van der Waals surface area contributed by atoms with E-state index in [-0.39, 0.29) is 12.0 Å². The monoisotopic (exact) mass is 422 g/mol. The second kappa shape index (κ2) is 7.33. The van der Waals surface area contributed by atoms with E-state index in [0.717, 1.165) is 10.0 Å². The molecule has 25 heavy (non-hydrogen) atoms. The number of carbonyl (C=O) groups excluding carboxylic acids is 2. The Kier molecular flexibility index (Phi) is 5.34. The van der Waals surface area contributed by atoms with Crippen molar-refractivity contribution in [3.05, 3.63) is 45.6 Å². The maximum absolute atomic E-state index is 12.8. The van der Waals surface area contributed by atoms with Crippen LogP contribution in [0.3, 0.4) is 0 Å². The molecule has 2 aliphatic heterocycles. The zero-order valence-corrected chi connectivity index (χ0v) is 16.7. The standard InChI is InChI=1S/C18H19BrN2O3S/c1-10(2)24-17(23)15-11(3)20-18-21(14(22)8-9-25-18)16(15)12-6-4-5-7-13(12)19/h4-7,10,16H,8-9H2,1-3H3/t16-/m1/s1. The summed E-state index contributed by atoms with van der Waals surface area (Å²) in [5, 5.41) is 0.649. The van der Waals surface area contributed by atoms with Gasteiger partial charge in [-0.15, -0.1) is 0 Å². The number of carbonyl (C=O) groups is 2. The molecule has 1 saturated heterocycles. The molecule has 2 heterocycles. The van der Waals surface area contributed by atoms with Gasteiger partial charge in [-0.1, -0.05) is 45.9 Å². The van der Waals surface area contributed by atoms with Crippen molar-refractivity contribution < 1.29 is 14.3 Å². The topological polar surface area (TPSA) is 59.0 Å². The molecule has 0 spiro atoms. The Morgan fingerprint density at radius 3 is 2.80 bits per heavy atom. The summed E-state index contributed by atoms with van der Waals surface area (Å²) >= 11 is 5.10. The number of hydrogen-bond donors (Lipinski definition) is 0. The number of ether oxygens (including phenoxy) is 1. The lowest BCUT2D eigenvalue weighted by molar-refractivity contribution is -0.143. The summed E-state index contributed by atoms with van der Waals surface area (Å²) in [5.41, 5.74) is 1.86. The van der Waals surface area contributed by atoms with Crippen LogP contribution >= 0.6 is 27.7 Å². The predicted octanol–water partition coefficient (Wildman–Crippen LogP) is 4.05. The lowest BCUT2D eigenvalue weighted by atomic mass is 9.94. The molecule has 132 valence electrons. The van der Waals surface area contributed by atoms with Gasteiger partial charge in [-0.05, 0) is 32.4 Å². The first kappa shape index (κ1) is 18.2. The maximum Gasteiger partial charge on any atom is 0.338 e. The number of aliphatic imine (C=N–C) groups is 1. The Bertz CT molecular complexity index is 788. The van der Waals surface area contributed by atoms with Gasteiger partial charge in [0.25, 0.3) is 0 Å². The summed E-state index contributed by atoms with van der Waals surface area (Å²) in [6.07, 6.45) is 0.181. The predicted molar refractivity (Wildman–Crippen MR) is 102 cm³/mol. The van der Waals surface area contributed by atoms with Crippen molar-refractivity contribution >= 4 is 44.7 Å². The van der Waals surface area contributed by atoms with Crippen LogP contribution in [-0.4, -0.2) is 33.8 Å². The van der Waals surface area contributed by atoms with Crippen LogP contribution in [0, 0.1) is 0 Å². The van der Waals surface area contributed by atoms with Crippen molar-refractivity contribution in [2.75, 3.05) is 5.75 Å². The molecule has 0 radical (unpaired) electrons. The van der Waals surface area contributed by atoms with Crippen LogP contribution in [0.4, 0.5) is 0 Å². The van der Waals surface area contributed by atoms with E-state index in [0.29, 0.717) is 28.6 Å². The lowest BCUT2D eigenvalue weighted by Gasteiger charge is -2.39. The van der Waals surface area contributed by atoms with E-state index in [9.17, 15) is 9.59 Å². The molecule has 3 rings (SSSR count). The fourth-order valence-electron chi connectivity index (χ4n) is 2.93. The molecule has 1 amide bonds. The first-order valence-electron chi connectivity index (χ1n) is 8.10. The third kappa shape index (κ3) is 3.53. The molecule has 1 atom stereocenters. The molecule has 1 aromatic rings. The van der Waals surface area contributed by atoms with Gasteiger partial charge in [-0.3, -0.25) is 9.69 Å². The summed E-state index contributed by atoms with van der Waals surface area (Å²) in [4.78, 5) is 31.6. The molecule has 1 fully saturated rings. The van der Waals surface area contributed by atoms with Gasteiger partial charge in [-0.2, -0.15) is 0 Å². The van der Waals surface area contributed by atoms with E-state index in [4.69, 9.17) is 4.74 Å². The van der Waals surface area contributed by atoms with E-state index in [2.05, 4.69) is 20.9 Å². The third-order valence-electron chi connectivity index (χ3n) is 3.97. The van der Waals surface area contributed by atoms with Crippen molar-refractivity contribution in [3.8, 4) is 0 Å². The summed E-state index contributed by atoms with van der Waals surface area (Å²) in [7, 11) is 0. The van der Waals surface area contributed by atoms with Crippen molar-refractivity contribution in [2.45, 2.75) is 39.3 Å². The number of nitrogens with zero attached hydrogens (tertiary/aromatic N) is 2. The van der Waals surface area contributed by atoms with Crippen molar-refractivity contribution in [1.29, 1.82) is 0 Å². The average molecular weight is 423 g/mol. The SMILES string of the molecule is CC1=C(C(=O)OC(C)C)[C@@H](c2ccccc2Br)N2C(=O)CCSC2=N1. The summed E-state index contributed by atoms with van der Waals surface area (Å²) in [6.45, 7) is 5.41. The van der Waals surface area contributed by atoms with E-state index >= 15 is 0 Å². The minimum atomic E-state index is -0.533. The number of amides is 1. The number of allylic oxidation sites excluding steroid dienone is 1. The molecule has 2 aliphatic rings. The summed E-state index contributed by atoms with van der Waals surface area (Å²) in [6, 6.07) is 7.09. The number of rotatable bonds is 3. The molecule has 0 bridgehead atoms. The number of thioether (sulfide) groups is 1. The van der Waals surface area contributed by atoms with Crippen LogP contribution in [0.2, 0.25) is 0 Å². The highest BCUT2D eigenvalue weighted by molar-refractivity contribution is 9.10. The number of esters is 1. The lowest BCUT2D eigenvalue weighted by Crippen LogP contribution is -2.46. The molecule has 7 heteroatoms. The van der Waals surface area contributed by atoms with Crippen LogP contribution < -0.4 is 0 Å². The molecular formula is C18H19BrN2O3S. The maximum atomic E-state index is 12.8. The first-order valence-corrected chi connectivity index (χ1v) is 9.87. The second-order valence-corrected chi connectivity index (χ2v) is 8.05. The van der Waals surface area contributed by atoms with Gasteiger partial charge in [0.1, 0.15) is 0 Å². The number of amidine groups is 1. The van der Waals surface area contributed by atoms with Crippen LogP contribution in [-0.2, 0) is 14.3 Å². The Labute approximate surface area is 159 Å². The zero-order valence-electron chi connectivity index (χ0n) is 14.3. The number of halogens is 1. The van der Waals surface area contributed by atoms with E-state index in [1.54, 1.807) is 37.4 Å². The normalized spacial score (nSPS) is 20.5. The Hall–Kier alpha value is -1.60. The number of hydrogen-bond acceptors (Lipinski definition) is 5. The molecule has 1 aromatic carbocycles. The third-order valence-corrected chi connectivity index (χ3v) is 5.65. The first-order chi connectivity index (χ1) is 11.9. The van der Waals surface area contributed by atoms with E-state index in [1.807, 2.05) is 24.3 Å². The highest BCUT2D eigenvalue weighted by Gasteiger charge is 2.42. The zero-order chi connectivity index (χ0) is 18.1. The molecule has 0 aliphatic carbocycles. The fourth-order valence-corrected chi connectivity index (χ4v) is 4.43. The van der Waals surface area contributed by atoms with Crippen molar-refractivity contribution in [1.82, 2.24) is 4.90 Å². The van der Waals surface area contributed by atoms with Gasteiger partial charge in [-0.25, -0.2) is 9.79 Å². The Morgan fingerprint density at radius 1 is 1.40 bits per heavy atom. The van der Waals surface area contributed by atoms with Gasteiger partial charge < -0.3 is 4.74 Å². The molecule has 0 saturated carbocycles. The Balaban J connectivity index is 2.17. The minimum Gasteiger partial charge on any atom is -0.459 e. The number of fused-ring (bicyclic) bond motifs is 1. The number of benzene rings is 1. The second-order valence-electron chi connectivity index (χ2n) is 6.13. The van der Waals surface area contributed by atoms with Crippen molar-refractivity contribution in [2.24, 2.45) is 4.99 Å². The highest BCUT2D eigenvalue weighted by Crippen LogP contribution is 2.42. The average Bonchev–Trinajstić information content (AvgIpc) is 2.53. The van der Waals surface area contributed by atoms with E-state index in [1.165, 1.54) is 0 Å². The molecule has 0 N–H and O–H groups in total. The van der Waals surface area contributed by atoms with Crippen LogP contribution in [0.25, 0.3) is 0 Å². The molecule has 0 aromatic heterocycles. The minimum absolute atomic E-state index is 0.0272. The fraction of sp³-hybridized carbons (Fsp3) is 0.389. The van der Waals surface area contributed by atoms with Gasteiger partial charge in [0.05, 0.1) is 23.4 Å². The van der Waals surface area contributed by atoms with Crippen LogP contribution in [0.15, 0.2) is 45.0 Å². The van der Waals surface area contributed by atoms with Crippen molar-refractivity contribution in [3.63, 3.8) is 0 Å². The Morgan fingerprint density at radius 2 is 2.12 bits per heavy atom. The van der Waals surface area contributed by atoms with Gasteiger partial charge >= 0.3 is 5.97 Å². The summed E-state index contributed by atoms with van der Waals surface area (Å²) < 4.78 is 6.28. The van der Waals surface area contributed by atoms with Gasteiger partial charge in [0.2, 0.25) is 5.91 Å². The highest BCUT2D eigenvalue weighted by atomic mass is 79.9. The smallest absolute Gasteiger partial charge is 0.338 e.